The second kappa shape index (κ2) is 11.8. The summed E-state index contributed by atoms with van der Waals surface area (Å²) in [6, 6.07) is 0. The van der Waals surface area contributed by atoms with Crippen molar-refractivity contribution in [2.75, 3.05) is 0 Å². The summed E-state index contributed by atoms with van der Waals surface area (Å²) in [6.07, 6.45) is 7.13. The molecule has 0 aromatic rings. The Morgan fingerprint density at radius 2 is 1.74 bits per heavy atom. The van der Waals surface area contributed by atoms with Crippen LogP contribution in [0.15, 0.2) is 12.7 Å². The van der Waals surface area contributed by atoms with E-state index in [-0.39, 0.29) is 5.97 Å². The van der Waals surface area contributed by atoms with Crippen molar-refractivity contribution in [2.24, 2.45) is 0 Å². The number of carbonyl (C=O) groups excluding carboxylic acids is 2. The summed E-state index contributed by atoms with van der Waals surface area (Å²) in [4.78, 5) is 22.7. The zero-order valence-electron chi connectivity index (χ0n) is 12.2. The fourth-order valence-electron chi connectivity index (χ4n) is 1.59. The summed E-state index contributed by atoms with van der Waals surface area (Å²) in [6.45, 7) is 7.47. The van der Waals surface area contributed by atoms with Crippen molar-refractivity contribution in [1.82, 2.24) is 0 Å². The molecule has 4 nitrogen and oxygen atoms in total. The first-order valence-corrected chi connectivity index (χ1v) is 7.16. The lowest BCUT2D eigenvalue weighted by Crippen LogP contribution is -2.23. The van der Waals surface area contributed by atoms with Crippen LogP contribution in [0.2, 0.25) is 0 Å². The molecule has 19 heavy (non-hydrogen) atoms. The van der Waals surface area contributed by atoms with Crippen molar-refractivity contribution in [3.05, 3.63) is 12.7 Å². The van der Waals surface area contributed by atoms with E-state index in [9.17, 15) is 9.59 Å². The molecular weight excluding hydrogens is 244 g/mol. The fraction of sp³-hybridized carbons (Fsp3) is 0.733. The van der Waals surface area contributed by atoms with Crippen LogP contribution >= 0.6 is 0 Å². The Morgan fingerprint density at radius 1 is 1.05 bits per heavy atom. The van der Waals surface area contributed by atoms with Crippen LogP contribution in [0, 0.1) is 0 Å². The molecular formula is C15H26O4. The molecule has 110 valence electrons. The van der Waals surface area contributed by atoms with Gasteiger partial charge < -0.3 is 9.47 Å². The van der Waals surface area contributed by atoms with Crippen LogP contribution in [0.25, 0.3) is 0 Å². The Kier molecular flexibility index (Phi) is 10.9. The molecule has 0 saturated heterocycles. The van der Waals surface area contributed by atoms with Crippen molar-refractivity contribution in [2.45, 2.75) is 71.5 Å². The number of carbonyl (C=O) groups is 2. The van der Waals surface area contributed by atoms with Crippen LogP contribution in [0.5, 0.6) is 0 Å². The molecule has 0 aliphatic carbocycles. The summed E-state index contributed by atoms with van der Waals surface area (Å²) in [5.41, 5.74) is 0. The van der Waals surface area contributed by atoms with Crippen LogP contribution in [-0.2, 0) is 19.1 Å². The highest BCUT2D eigenvalue weighted by Crippen LogP contribution is 2.10. The van der Waals surface area contributed by atoms with Gasteiger partial charge in [0.2, 0.25) is 6.29 Å². The van der Waals surface area contributed by atoms with Crippen LogP contribution in [0.1, 0.15) is 65.2 Å². The number of unbranched alkanes of at least 4 members (excludes halogenated alkanes) is 4. The SMILES string of the molecule is C=CC(=O)OC(CCCC)OC(=O)CCCCCC. The predicted molar refractivity (Wildman–Crippen MR) is 74.5 cm³/mol. The Labute approximate surface area is 116 Å². The first-order chi connectivity index (χ1) is 9.13. The van der Waals surface area contributed by atoms with E-state index < -0.39 is 12.3 Å². The number of ether oxygens (including phenoxy) is 2. The molecule has 0 aliphatic rings. The van der Waals surface area contributed by atoms with E-state index in [1.807, 2.05) is 6.92 Å². The summed E-state index contributed by atoms with van der Waals surface area (Å²) in [7, 11) is 0. The second-order valence-electron chi connectivity index (χ2n) is 4.51. The lowest BCUT2D eigenvalue weighted by Gasteiger charge is -2.17. The van der Waals surface area contributed by atoms with E-state index in [1.54, 1.807) is 0 Å². The van der Waals surface area contributed by atoms with Gasteiger partial charge in [-0.15, -0.1) is 0 Å². The maximum atomic E-state index is 11.6. The number of rotatable bonds is 11. The van der Waals surface area contributed by atoms with Gasteiger partial charge in [0, 0.05) is 18.9 Å². The molecule has 0 bridgehead atoms. The van der Waals surface area contributed by atoms with E-state index in [0.29, 0.717) is 12.8 Å². The van der Waals surface area contributed by atoms with Crippen LogP contribution < -0.4 is 0 Å². The molecule has 0 radical (unpaired) electrons. The highest BCUT2D eigenvalue weighted by atomic mass is 16.7. The maximum Gasteiger partial charge on any atom is 0.333 e. The molecule has 0 rings (SSSR count). The lowest BCUT2D eigenvalue weighted by atomic mass is 10.1. The second-order valence-corrected chi connectivity index (χ2v) is 4.51. The molecule has 0 aromatic heterocycles. The lowest BCUT2D eigenvalue weighted by molar-refractivity contribution is -0.185. The van der Waals surface area contributed by atoms with Crippen LogP contribution in [0.4, 0.5) is 0 Å². The molecule has 0 aliphatic heterocycles. The number of esters is 2. The van der Waals surface area contributed by atoms with Gasteiger partial charge in [-0.2, -0.15) is 0 Å². The quantitative estimate of drug-likeness (QED) is 0.248. The van der Waals surface area contributed by atoms with Crippen molar-refractivity contribution in [3.8, 4) is 0 Å². The molecule has 0 aromatic carbocycles. The maximum absolute atomic E-state index is 11.6. The molecule has 0 fully saturated rings. The van der Waals surface area contributed by atoms with E-state index in [0.717, 1.165) is 44.6 Å². The average molecular weight is 270 g/mol. The summed E-state index contributed by atoms with van der Waals surface area (Å²) >= 11 is 0. The standard InChI is InChI=1S/C15H26O4/c1-4-7-9-10-11-14(17)19-15(12-8-5-2)18-13(16)6-3/h6,15H,3-5,7-12H2,1-2H3. The highest BCUT2D eigenvalue weighted by molar-refractivity contribution is 5.81. The molecule has 1 unspecified atom stereocenters. The Morgan fingerprint density at radius 3 is 2.32 bits per heavy atom. The molecule has 4 heteroatoms. The molecule has 0 heterocycles. The van der Waals surface area contributed by atoms with Gasteiger partial charge in [0.15, 0.2) is 0 Å². The van der Waals surface area contributed by atoms with Gasteiger partial charge in [0.1, 0.15) is 0 Å². The minimum atomic E-state index is -0.774. The summed E-state index contributed by atoms with van der Waals surface area (Å²) in [5.74, 6) is -0.853. The Balaban J connectivity index is 4.03. The van der Waals surface area contributed by atoms with Gasteiger partial charge in [-0.3, -0.25) is 4.79 Å². The first-order valence-electron chi connectivity index (χ1n) is 7.16. The Bertz CT molecular complexity index is 273. The summed E-state index contributed by atoms with van der Waals surface area (Å²) < 4.78 is 10.2. The van der Waals surface area contributed by atoms with E-state index >= 15 is 0 Å². The van der Waals surface area contributed by atoms with Gasteiger partial charge in [-0.05, 0) is 12.8 Å². The highest BCUT2D eigenvalue weighted by Gasteiger charge is 2.16. The van der Waals surface area contributed by atoms with Crippen molar-refractivity contribution < 1.29 is 19.1 Å². The predicted octanol–water partition coefficient (Wildman–Crippen LogP) is 3.75. The van der Waals surface area contributed by atoms with Gasteiger partial charge in [0.05, 0.1) is 0 Å². The topological polar surface area (TPSA) is 52.6 Å². The van der Waals surface area contributed by atoms with Gasteiger partial charge in [-0.25, -0.2) is 4.79 Å². The Hall–Kier alpha value is -1.32. The van der Waals surface area contributed by atoms with E-state index in [2.05, 4.69) is 13.5 Å². The minimum Gasteiger partial charge on any atom is -0.425 e. The fourth-order valence-corrected chi connectivity index (χ4v) is 1.59. The van der Waals surface area contributed by atoms with Crippen molar-refractivity contribution >= 4 is 11.9 Å². The van der Waals surface area contributed by atoms with Gasteiger partial charge in [0.25, 0.3) is 0 Å². The van der Waals surface area contributed by atoms with E-state index in [1.165, 1.54) is 0 Å². The smallest absolute Gasteiger partial charge is 0.333 e. The molecule has 0 saturated carbocycles. The molecule has 1 atom stereocenters. The van der Waals surface area contributed by atoms with E-state index in [4.69, 9.17) is 9.47 Å². The third-order valence-electron chi connectivity index (χ3n) is 2.70. The largest absolute Gasteiger partial charge is 0.425 e. The first kappa shape index (κ1) is 17.7. The van der Waals surface area contributed by atoms with Crippen molar-refractivity contribution in [3.63, 3.8) is 0 Å². The minimum absolute atomic E-state index is 0.297. The summed E-state index contributed by atoms with van der Waals surface area (Å²) in [5, 5.41) is 0. The zero-order chi connectivity index (χ0) is 14.5. The zero-order valence-corrected chi connectivity index (χ0v) is 12.2. The van der Waals surface area contributed by atoms with Crippen LogP contribution in [0.3, 0.4) is 0 Å². The van der Waals surface area contributed by atoms with Crippen molar-refractivity contribution in [1.29, 1.82) is 0 Å². The molecule has 0 N–H and O–H groups in total. The molecule has 0 spiro atoms. The molecule has 0 amide bonds. The number of hydrogen-bond donors (Lipinski definition) is 0. The monoisotopic (exact) mass is 270 g/mol. The van der Waals surface area contributed by atoms with Gasteiger partial charge in [-0.1, -0.05) is 46.1 Å². The van der Waals surface area contributed by atoms with Crippen LogP contribution in [-0.4, -0.2) is 18.2 Å². The van der Waals surface area contributed by atoms with Gasteiger partial charge >= 0.3 is 11.9 Å². The number of hydrogen-bond acceptors (Lipinski definition) is 4. The normalized spacial score (nSPS) is 11.7. The third kappa shape index (κ3) is 10.3. The average Bonchev–Trinajstić information content (AvgIpc) is 2.40. The third-order valence-corrected chi connectivity index (χ3v) is 2.70.